The van der Waals surface area contributed by atoms with E-state index < -0.39 is 104 Å². The topological polar surface area (TPSA) is 390 Å². The second kappa shape index (κ2) is 17.5. The SMILES string of the molecule is C[C@@H](O)C1O[C@H](O[C@@H]2C(N=[N+]=[N-])C[C@@H](NC(=O)[C@@H](O)CCN=[N+]=[N-])[C@@H](O)C2O[C@@H]2O[C@H](CNC=N)C(O)[C@@H]2O)C(N=[N+]=[N-])[C@@H](O)[C@@H]1O. The van der Waals surface area contributed by atoms with Gasteiger partial charge in [-0.05, 0) is 36.4 Å². The van der Waals surface area contributed by atoms with Crippen LogP contribution in [0.15, 0.2) is 15.3 Å². The fraction of sp³-hybridized carbons (Fsp3) is 0.913. The van der Waals surface area contributed by atoms with Crippen LogP contribution in [0.2, 0.25) is 0 Å². The van der Waals surface area contributed by atoms with E-state index in [1.165, 1.54) is 6.92 Å². The van der Waals surface area contributed by atoms with Crippen LogP contribution in [-0.4, -0.2) is 159 Å². The first kappa shape index (κ1) is 37.9. The molecule has 5 unspecified atom stereocenters. The van der Waals surface area contributed by atoms with E-state index in [2.05, 4.69) is 40.7 Å². The van der Waals surface area contributed by atoms with Crippen molar-refractivity contribution in [3.63, 3.8) is 0 Å². The van der Waals surface area contributed by atoms with Gasteiger partial charge in [-0.2, -0.15) is 0 Å². The van der Waals surface area contributed by atoms with Crippen LogP contribution in [0, 0.1) is 5.41 Å². The van der Waals surface area contributed by atoms with Crippen LogP contribution in [0.25, 0.3) is 31.3 Å². The number of hydrogen-bond acceptors (Lipinski definition) is 16. The third-order valence-electron chi connectivity index (χ3n) is 7.93. The molecule has 3 rings (SSSR count). The van der Waals surface area contributed by atoms with E-state index >= 15 is 0 Å². The Morgan fingerprint density at radius 3 is 2.26 bits per heavy atom. The summed E-state index contributed by atoms with van der Waals surface area (Å²) in [7, 11) is 0. The maximum Gasteiger partial charge on any atom is 0.249 e. The van der Waals surface area contributed by atoms with Crippen LogP contribution in [-0.2, 0) is 23.7 Å². The lowest BCUT2D eigenvalue weighted by Crippen LogP contribution is -2.66. The van der Waals surface area contributed by atoms with E-state index in [9.17, 15) is 46.1 Å². The van der Waals surface area contributed by atoms with E-state index in [1.54, 1.807) is 0 Å². The Morgan fingerprint density at radius 2 is 1.64 bits per heavy atom. The number of azide groups is 3. The number of amides is 1. The molecule has 0 aromatic rings. The fourth-order valence-electron chi connectivity index (χ4n) is 5.51. The summed E-state index contributed by atoms with van der Waals surface area (Å²) in [6, 6.07) is -4.33. The van der Waals surface area contributed by atoms with Crippen LogP contribution in [0.4, 0.5) is 0 Å². The zero-order chi connectivity index (χ0) is 34.8. The highest BCUT2D eigenvalue weighted by molar-refractivity contribution is 5.80. The second-order valence-corrected chi connectivity index (χ2v) is 11.0. The van der Waals surface area contributed by atoms with E-state index in [4.69, 9.17) is 35.4 Å². The smallest absolute Gasteiger partial charge is 0.249 e. The zero-order valence-electron chi connectivity index (χ0n) is 24.8. The van der Waals surface area contributed by atoms with Gasteiger partial charge in [0.05, 0.1) is 36.7 Å². The van der Waals surface area contributed by atoms with Crippen molar-refractivity contribution in [3.8, 4) is 0 Å². The van der Waals surface area contributed by atoms with Crippen molar-refractivity contribution in [1.82, 2.24) is 10.6 Å². The van der Waals surface area contributed by atoms with E-state index in [0.29, 0.717) is 0 Å². The lowest BCUT2D eigenvalue weighted by atomic mass is 9.83. The number of aliphatic hydroxyl groups excluding tert-OH is 7. The van der Waals surface area contributed by atoms with Gasteiger partial charge < -0.3 is 65.3 Å². The second-order valence-electron chi connectivity index (χ2n) is 11.0. The van der Waals surface area contributed by atoms with Gasteiger partial charge in [0, 0.05) is 27.8 Å². The summed E-state index contributed by atoms with van der Waals surface area (Å²) in [5, 5.41) is 96.5. The molecular formula is C23H38N12O12. The molecule has 0 aromatic carbocycles. The molecule has 0 bridgehead atoms. The molecule has 3 aliphatic rings. The summed E-state index contributed by atoms with van der Waals surface area (Å²) in [6.45, 7) is 0.885. The fourth-order valence-corrected chi connectivity index (χ4v) is 5.51. The number of ether oxygens (including phenoxy) is 4. The Kier molecular flexibility index (Phi) is 14.1. The molecule has 16 atom stereocenters. The Hall–Kier alpha value is -3.57. The third-order valence-corrected chi connectivity index (χ3v) is 7.93. The summed E-state index contributed by atoms with van der Waals surface area (Å²) in [4.78, 5) is 20.7. The molecule has 1 aliphatic carbocycles. The summed E-state index contributed by atoms with van der Waals surface area (Å²) in [6.07, 6.45) is -20.8. The van der Waals surface area contributed by atoms with Crippen LogP contribution >= 0.6 is 0 Å². The van der Waals surface area contributed by atoms with Crippen molar-refractivity contribution in [2.45, 2.75) is 118 Å². The molecule has 2 aliphatic heterocycles. The molecule has 3 fully saturated rings. The standard InChI is InChI=1S/C23H38N12O12/c1-7(36)18-16(41)15(40)12(32-35-27)22(45-18)46-19-9(31-34-26)4-8(30-21(43)10(37)2-3-29-33-25)13(38)20(19)47-23-17(42)14(39)11(44-23)5-28-6-24/h6-20,22-23,36-42H,2-5H2,1H3,(H2,24,28)(H,30,43)/t7-,8-,9?,10+,11-,12?,13-,14?,15-,16+,17+,18?,19-,20?,22-,23+/m1/s1. The minimum absolute atomic E-state index is 0.132. The minimum atomic E-state index is -1.83. The van der Waals surface area contributed by atoms with Gasteiger partial charge in [-0.15, -0.1) is 0 Å². The molecule has 0 aromatic heterocycles. The van der Waals surface area contributed by atoms with Crippen LogP contribution in [0.1, 0.15) is 19.8 Å². The summed E-state index contributed by atoms with van der Waals surface area (Å²) >= 11 is 0. The summed E-state index contributed by atoms with van der Waals surface area (Å²) in [5.41, 5.74) is 26.9. The molecule has 1 saturated carbocycles. The van der Waals surface area contributed by atoms with E-state index in [-0.39, 0.29) is 25.9 Å². The number of aliphatic hydroxyl groups is 7. The average Bonchev–Trinajstić information content (AvgIpc) is 3.30. The molecule has 24 nitrogen and oxygen atoms in total. The quantitative estimate of drug-likeness (QED) is 0.0271. The van der Waals surface area contributed by atoms with Crippen LogP contribution in [0.3, 0.4) is 0 Å². The minimum Gasteiger partial charge on any atom is -0.391 e. The molecule has 0 radical (unpaired) electrons. The van der Waals surface area contributed by atoms with E-state index in [1.807, 2.05) is 0 Å². The number of hydrogen-bond donors (Lipinski definition) is 10. The molecular weight excluding hydrogens is 636 g/mol. The number of carbonyl (C=O) groups is 1. The Bertz CT molecular complexity index is 1220. The molecule has 262 valence electrons. The van der Waals surface area contributed by atoms with Gasteiger partial charge in [0.15, 0.2) is 12.6 Å². The van der Waals surface area contributed by atoms with Gasteiger partial charge in [-0.3, -0.25) is 10.2 Å². The first-order valence-electron chi connectivity index (χ1n) is 14.4. The molecule has 24 heteroatoms. The highest BCUT2D eigenvalue weighted by Gasteiger charge is 2.54. The number of rotatable bonds is 15. The Labute approximate surface area is 265 Å². The van der Waals surface area contributed by atoms with Gasteiger partial charge >= 0.3 is 0 Å². The summed E-state index contributed by atoms with van der Waals surface area (Å²) in [5.74, 6) is -0.999. The molecule has 2 heterocycles. The maximum atomic E-state index is 12.7. The molecule has 47 heavy (non-hydrogen) atoms. The molecule has 2 saturated heterocycles. The van der Waals surface area contributed by atoms with E-state index in [0.717, 1.165) is 6.34 Å². The molecule has 0 spiro atoms. The predicted octanol–water partition coefficient (Wildman–Crippen LogP) is -3.10. The maximum absolute atomic E-state index is 12.7. The van der Waals surface area contributed by atoms with Gasteiger partial charge in [0.2, 0.25) is 5.91 Å². The van der Waals surface area contributed by atoms with Crippen molar-refractivity contribution in [3.05, 3.63) is 31.3 Å². The lowest BCUT2D eigenvalue weighted by molar-refractivity contribution is -0.315. The summed E-state index contributed by atoms with van der Waals surface area (Å²) < 4.78 is 23.1. The normalized spacial score (nSPS) is 39.7. The van der Waals surface area contributed by atoms with Crippen LogP contribution in [0.5, 0.6) is 0 Å². The van der Waals surface area contributed by atoms with Crippen molar-refractivity contribution >= 4 is 12.2 Å². The molecule has 10 N–H and O–H groups in total. The number of nitrogens with zero attached hydrogens (tertiary/aromatic N) is 9. The molecule has 1 amide bonds. The Morgan fingerprint density at radius 1 is 0.957 bits per heavy atom. The third kappa shape index (κ3) is 9.07. The highest BCUT2D eigenvalue weighted by Crippen LogP contribution is 2.35. The van der Waals surface area contributed by atoms with Crippen molar-refractivity contribution in [2.24, 2.45) is 15.3 Å². The Balaban J connectivity index is 1.98. The largest absolute Gasteiger partial charge is 0.391 e. The van der Waals surface area contributed by atoms with Gasteiger partial charge in [0.1, 0.15) is 54.9 Å². The zero-order valence-corrected chi connectivity index (χ0v) is 24.8. The lowest BCUT2D eigenvalue weighted by Gasteiger charge is -2.48. The average molecular weight is 675 g/mol. The van der Waals surface area contributed by atoms with Gasteiger partial charge in [0.25, 0.3) is 0 Å². The highest BCUT2D eigenvalue weighted by atomic mass is 16.7. The monoisotopic (exact) mass is 674 g/mol. The van der Waals surface area contributed by atoms with Crippen molar-refractivity contribution in [1.29, 1.82) is 5.41 Å². The number of carbonyl (C=O) groups excluding carboxylic acids is 1. The van der Waals surface area contributed by atoms with Crippen molar-refractivity contribution < 1.29 is 59.5 Å². The van der Waals surface area contributed by atoms with Gasteiger partial charge in [-0.25, -0.2) is 0 Å². The van der Waals surface area contributed by atoms with Crippen molar-refractivity contribution in [2.75, 3.05) is 13.1 Å². The number of nitrogens with one attached hydrogen (secondary N) is 3. The van der Waals surface area contributed by atoms with Gasteiger partial charge in [-0.1, -0.05) is 15.3 Å². The first-order valence-corrected chi connectivity index (χ1v) is 14.4. The predicted molar refractivity (Wildman–Crippen MR) is 153 cm³/mol. The van der Waals surface area contributed by atoms with Crippen LogP contribution < -0.4 is 10.6 Å². The first-order chi connectivity index (χ1) is 22.4.